The van der Waals surface area contributed by atoms with Crippen LogP contribution in [0.25, 0.3) is 34.2 Å². The number of para-hydroxylation sites is 4. The molecule has 6 rings (SSSR count). The highest BCUT2D eigenvalue weighted by Gasteiger charge is 1.89. The monoisotopic (exact) mass is 416 g/mol. The van der Waals surface area contributed by atoms with Gasteiger partial charge in [0.15, 0.2) is 0 Å². The average molecular weight is 417 g/mol. The summed E-state index contributed by atoms with van der Waals surface area (Å²) in [5.74, 6) is 0. The lowest BCUT2D eigenvalue weighted by Crippen LogP contribution is -1.70. The van der Waals surface area contributed by atoms with Gasteiger partial charge in [-0.05, 0) is 35.4 Å². The number of aromatic nitrogens is 4. The first kappa shape index (κ1) is 20.8. The summed E-state index contributed by atoms with van der Waals surface area (Å²) in [5.41, 5.74) is 6.71. The lowest BCUT2D eigenvalue weighted by Gasteiger charge is -1.92. The van der Waals surface area contributed by atoms with Crippen molar-refractivity contribution in [1.29, 1.82) is 0 Å². The third-order valence-corrected chi connectivity index (χ3v) is 4.72. The molecule has 156 valence electrons. The molecule has 0 saturated carbocycles. The number of hydrogen-bond acceptors (Lipinski definition) is 2. The number of aromatic amines is 2. The van der Waals surface area contributed by atoms with Crippen molar-refractivity contribution in [3.05, 3.63) is 133 Å². The van der Waals surface area contributed by atoms with E-state index in [9.17, 15) is 0 Å². The van der Waals surface area contributed by atoms with Crippen LogP contribution < -0.4 is 0 Å². The molecule has 0 radical (unpaired) electrons. The van der Waals surface area contributed by atoms with Crippen molar-refractivity contribution in [3.63, 3.8) is 0 Å². The Labute approximate surface area is 187 Å². The molecule has 0 amide bonds. The summed E-state index contributed by atoms with van der Waals surface area (Å²) < 4.78 is 0. The van der Waals surface area contributed by atoms with Gasteiger partial charge < -0.3 is 9.97 Å². The van der Waals surface area contributed by atoms with Gasteiger partial charge in [0.1, 0.15) is 0 Å². The zero-order chi connectivity index (χ0) is 21.8. The summed E-state index contributed by atoms with van der Waals surface area (Å²) in [7, 11) is 0. The van der Waals surface area contributed by atoms with Gasteiger partial charge in [-0.2, -0.15) is 0 Å². The molecular formula is C28H24N4. The molecule has 0 unspecified atom stereocenters. The molecule has 2 N–H and O–H groups in total. The lowest BCUT2D eigenvalue weighted by atomic mass is 10.1. The van der Waals surface area contributed by atoms with E-state index in [1.807, 2.05) is 84.9 Å². The van der Waals surface area contributed by atoms with E-state index in [4.69, 9.17) is 0 Å². The Bertz CT molecular complexity index is 1200. The third kappa shape index (κ3) is 6.03. The molecule has 0 saturated heterocycles. The van der Waals surface area contributed by atoms with Crippen LogP contribution in [0.4, 0.5) is 0 Å². The van der Waals surface area contributed by atoms with Gasteiger partial charge in [0.2, 0.25) is 0 Å². The first-order valence-electron chi connectivity index (χ1n) is 10.4. The van der Waals surface area contributed by atoms with E-state index in [2.05, 4.69) is 56.4 Å². The molecular weight excluding hydrogens is 392 g/mol. The predicted molar refractivity (Wildman–Crippen MR) is 134 cm³/mol. The number of imidazole rings is 2. The van der Waals surface area contributed by atoms with Crippen molar-refractivity contribution < 1.29 is 0 Å². The summed E-state index contributed by atoms with van der Waals surface area (Å²) in [5, 5.41) is 0. The van der Waals surface area contributed by atoms with Gasteiger partial charge in [-0.15, -0.1) is 0 Å². The van der Waals surface area contributed by atoms with Crippen molar-refractivity contribution in [1.82, 2.24) is 19.9 Å². The maximum Gasteiger partial charge on any atom is 0.0931 e. The van der Waals surface area contributed by atoms with Gasteiger partial charge in [-0.1, -0.05) is 97.1 Å². The van der Waals surface area contributed by atoms with E-state index in [1.165, 1.54) is 11.1 Å². The van der Waals surface area contributed by atoms with Crippen LogP contribution >= 0.6 is 0 Å². The third-order valence-electron chi connectivity index (χ3n) is 4.72. The van der Waals surface area contributed by atoms with E-state index in [1.54, 1.807) is 12.7 Å². The van der Waals surface area contributed by atoms with Crippen molar-refractivity contribution in [2.24, 2.45) is 0 Å². The van der Waals surface area contributed by atoms with E-state index >= 15 is 0 Å². The highest BCUT2D eigenvalue weighted by Crippen LogP contribution is 2.07. The van der Waals surface area contributed by atoms with Gasteiger partial charge in [-0.25, -0.2) is 9.97 Å². The summed E-state index contributed by atoms with van der Waals surface area (Å²) in [6, 6.07) is 36.5. The van der Waals surface area contributed by atoms with Crippen LogP contribution in [0.2, 0.25) is 0 Å². The second kappa shape index (κ2) is 11.1. The number of fused-ring (bicyclic) bond motifs is 2. The number of nitrogens with one attached hydrogen (secondary N) is 2. The van der Waals surface area contributed by atoms with Crippen LogP contribution in [0.3, 0.4) is 0 Å². The van der Waals surface area contributed by atoms with Crippen LogP contribution in [0.1, 0.15) is 11.1 Å². The number of benzene rings is 4. The van der Waals surface area contributed by atoms with E-state index < -0.39 is 0 Å². The fraction of sp³-hybridized carbons (Fsp3) is 0. The summed E-state index contributed by atoms with van der Waals surface area (Å²) in [4.78, 5) is 14.1. The van der Waals surface area contributed by atoms with Crippen LogP contribution in [-0.2, 0) is 0 Å². The van der Waals surface area contributed by atoms with Crippen molar-refractivity contribution in [2.45, 2.75) is 0 Å². The minimum atomic E-state index is 1.03. The average Bonchev–Trinajstić information content (AvgIpc) is 3.54. The molecule has 32 heavy (non-hydrogen) atoms. The Kier molecular flexibility index (Phi) is 7.21. The fourth-order valence-corrected chi connectivity index (χ4v) is 3.08. The first-order valence-corrected chi connectivity index (χ1v) is 10.4. The Balaban J connectivity index is 0.000000119. The molecule has 0 aliphatic heterocycles. The maximum atomic E-state index is 4.06. The minimum Gasteiger partial charge on any atom is -0.345 e. The largest absolute Gasteiger partial charge is 0.345 e. The Morgan fingerprint density at radius 3 is 1.22 bits per heavy atom. The van der Waals surface area contributed by atoms with Gasteiger partial charge in [-0.3, -0.25) is 0 Å². The molecule has 4 nitrogen and oxygen atoms in total. The van der Waals surface area contributed by atoms with Crippen LogP contribution in [0.5, 0.6) is 0 Å². The summed E-state index contributed by atoms with van der Waals surface area (Å²) in [6.45, 7) is 0. The van der Waals surface area contributed by atoms with E-state index in [0.717, 1.165) is 22.1 Å². The molecule has 4 heteroatoms. The molecule has 2 heterocycles. The molecule has 0 aliphatic rings. The van der Waals surface area contributed by atoms with Gasteiger partial charge in [0.05, 0.1) is 34.7 Å². The zero-order valence-electron chi connectivity index (χ0n) is 17.6. The molecule has 2 aromatic heterocycles. The van der Waals surface area contributed by atoms with Crippen LogP contribution in [-0.4, -0.2) is 19.9 Å². The molecule has 4 aromatic carbocycles. The van der Waals surface area contributed by atoms with Crippen LogP contribution in [0.15, 0.2) is 122 Å². The molecule has 0 aliphatic carbocycles. The Morgan fingerprint density at radius 1 is 0.438 bits per heavy atom. The molecule has 6 aromatic rings. The standard InChI is InChI=1S/C14H12.2C7H6N2/c1-3-7-13(8-4-1)11-12-14-9-5-2-6-10-14;2*1-2-4-7-6(3-1)8-5-9-7/h1-12H;2*1-5H,(H,8,9). The van der Waals surface area contributed by atoms with E-state index in [0.29, 0.717) is 0 Å². The Hall–Kier alpha value is -4.44. The summed E-state index contributed by atoms with van der Waals surface area (Å²) in [6.07, 6.45) is 7.64. The smallest absolute Gasteiger partial charge is 0.0931 e. The number of rotatable bonds is 2. The minimum absolute atomic E-state index is 1.03. The zero-order valence-corrected chi connectivity index (χ0v) is 17.6. The molecule has 0 atom stereocenters. The predicted octanol–water partition coefficient (Wildman–Crippen LogP) is 6.98. The van der Waals surface area contributed by atoms with Gasteiger partial charge in [0, 0.05) is 0 Å². The first-order chi connectivity index (χ1) is 15.9. The highest BCUT2D eigenvalue weighted by atomic mass is 14.9. The Morgan fingerprint density at radius 2 is 0.812 bits per heavy atom. The SMILES string of the molecule is C(=Cc1ccccc1)c1ccccc1.c1ccc2[nH]cnc2c1.c1ccc2[nH]cnc2c1. The number of H-pyrrole nitrogens is 2. The van der Waals surface area contributed by atoms with Crippen molar-refractivity contribution in [3.8, 4) is 0 Å². The summed E-state index contributed by atoms with van der Waals surface area (Å²) >= 11 is 0. The van der Waals surface area contributed by atoms with Crippen LogP contribution in [0, 0.1) is 0 Å². The van der Waals surface area contributed by atoms with Crippen molar-refractivity contribution in [2.75, 3.05) is 0 Å². The number of hydrogen-bond donors (Lipinski definition) is 2. The fourth-order valence-electron chi connectivity index (χ4n) is 3.08. The van der Waals surface area contributed by atoms with E-state index in [-0.39, 0.29) is 0 Å². The number of nitrogens with zero attached hydrogens (tertiary/aromatic N) is 2. The second-order valence-corrected chi connectivity index (χ2v) is 6.99. The van der Waals surface area contributed by atoms with Crippen molar-refractivity contribution >= 4 is 34.2 Å². The normalized spacial score (nSPS) is 10.4. The molecule has 0 bridgehead atoms. The molecule has 0 spiro atoms. The lowest BCUT2D eigenvalue weighted by molar-refractivity contribution is 1.34. The highest BCUT2D eigenvalue weighted by molar-refractivity contribution is 5.74. The maximum absolute atomic E-state index is 4.06. The quantitative estimate of drug-likeness (QED) is 0.299. The topological polar surface area (TPSA) is 57.4 Å². The van der Waals surface area contributed by atoms with Gasteiger partial charge in [0.25, 0.3) is 0 Å². The second-order valence-electron chi connectivity index (χ2n) is 6.99. The molecule has 0 fully saturated rings. The van der Waals surface area contributed by atoms with Gasteiger partial charge >= 0.3 is 0 Å².